The van der Waals surface area contributed by atoms with E-state index in [1.807, 2.05) is 6.92 Å². The molecule has 15 heavy (non-hydrogen) atoms. The molecule has 0 amide bonds. The van der Waals surface area contributed by atoms with Crippen molar-refractivity contribution >= 4 is 30.0 Å². The topological polar surface area (TPSA) is 55.0 Å². The number of nitrogens with two attached hydrogens (primary N) is 1. The standard InChI is InChI=1S/C9H13ClN4.ClH/c1-6-4-12-9(13-8(6)10)14-3-2-7(11)5-14;/h4,7H,2-3,5,11H2,1H3;1H/t7-;/m1./s1. The SMILES string of the molecule is Cc1cnc(N2CC[C@@H](N)C2)nc1Cl.Cl. The average Bonchev–Trinajstić information content (AvgIpc) is 2.57. The van der Waals surface area contributed by atoms with Gasteiger partial charge in [0.1, 0.15) is 5.15 Å². The summed E-state index contributed by atoms with van der Waals surface area (Å²) in [5.41, 5.74) is 6.70. The van der Waals surface area contributed by atoms with Crippen molar-refractivity contribution in [3.63, 3.8) is 0 Å². The first-order valence-corrected chi connectivity index (χ1v) is 5.04. The molecule has 1 atom stereocenters. The van der Waals surface area contributed by atoms with Crippen molar-refractivity contribution in [3.05, 3.63) is 16.9 Å². The molecule has 0 spiro atoms. The van der Waals surface area contributed by atoms with Gasteiger partial charge in [0.25, 0.3) is 0 Å². The van der Waals surface area contributed by atoms with E-state index in [0.29, 0.717) is 11.1 Å². The van der Waals surface area contributed by atoms with E-state index in [4.69, 9.17) is 17.3 Å². The lowest BCUT2D eigenvalue weighted by Gasteiger charge is -2.15. The summed E-state index contributed by atoms with van der Waals surface area (Å²) in [6, 6.07) is 0.235. The van der Waals surface area contributed by atoms with Crippen LogP contribution in [0, 0.1) is 6.92 Å². The zero-order valence-electron chi connectivity index (χ0n) is 8.48. The Morgan fingerprint density at radius 2 is 2.33 bits per heavy atom. The summed E-state index contributed by atoms with van der Waals surface area (Å²) in [6.07, 6.45) is 2.74. The molecule has 0 saturated carbocycles. The number of nitrogens with zero attached hydrogens (tertiary/aromatic N) is 3. The zero-order chi connectivity index (χ0) is 10.1. The van der Waals surface area contributed by atoms with Crippen molar-refractivity contribution in [2.45, 2.75) is 19.4 Å². The van der Waals surface area contributed by atoms with E-state index in [1.54, 1.807) is 6.20 Å². The van der Waals surface area contributed by atoms with Crippen molar-refractivity contribution in [1.82, 2.24) is 9.97 Å². The predicted molar refractivity (Wildman–Crippen MR) is 63.8 cm³/mol. The molecule has 1 saturated heterocycles. The van der Waals surface area contributed by atoms with Gasteiger partial charge in [0, 0.05) is 30.9 Å². The molecule has 1 aromatic heterocycles. The van der Waals surface area contributed by atoms with Gasteiger partial charge in [-0.25, -0.2) is 9.97 Å². The van der Waals surface area contributed by atoms with Gasteiger partial charge in [-0.2, -0.15) is 0 Å². The van der Waals surface area contributed by atoms with Gasteiger partial charge >= 0.3 is 0 Å². The maximum absolute atomic E-state index is 5.92. The van der Waals surface area contributed by atoms with E-state index in [1.165, 1.54) is 0 Å². The fourth-order valence-corrected chi connectivity index (χ4v) is 1.66. The summed E-state index contributed by atoms with van der Waals surface area (Å²) in [7, 11) is 0. The van der Waals surface area contributed by atoms with Gasteiger partial charge in [-0.15, -0.1) is 12.4 Å². The van der Waals surface area contributed by atoms with Crippen molar-refractivity contribution in [1.29, 1.82) is 0 Å². The monoisotopic (exact) mass is 248 g/mol. The second-order valence-electron chi connectivity index (χ2n) is 3.64. The van der Waals surface area contributed by atoms with Crippen molar-refractivity contribution in [3.8, 4) is 0 Å². The summed E-state index contributed by atoms with van der Waals surface area (Å²) in [5, 5.41) is 0.524. The normalized spacial score (nSPS) is 20.2. The molecule has 6 heteroatoms. The van der Waals surface area contributed by atoms with Crippen LogP contribution in [-0.4, -0.2) is 29.1 Å². The molecule has 0 aliphatic carbocycles. The first-order valence-electron chi connectivity index (χ1n) is 4.66. The lowest BCUT2D eigenvalue weighted by Crippen LogP contribution is -2.27. The molecule has 1 fully saturated rings. The third-order valence-corrected chi connectivity index (χ3v) is 2.79. The van der Waals surface area contributed by atoms with Crippen LogP contribution in [0.15, 0.2) is 6.20 Å². The van der Waals surface area contributed by atoms with Crippen LogP contribution in [0.3, 0.4) is 0 Å². The van der Waals surface area contributed by atoms with E-state index in [9.17, 15) is 0 Å². The lowest BCUT2D eigenvalue weighted by molar-refractivity contribution is 0.750. The average molecular weight is 249 g/mol. The Hall–Kier alpha value is -0.580. The summed E-state index contributed by atoms with van der Waals surface area (Å²) in [4.78, 5) is 10.5. The number of hydrogen-bond donors (Lipinski definition) is 1. The molecule has 1 aliphatic rings. The fourth-order valence-electron chi connectivity index (χ4n) is 1.53. The second kappa shape index (κ2) is 4.96. The molecule has 1 aromatic rings. The van der Waals surface area contributed by atoms with Gasteiger partial charge in [0.2, 0.25) is 5.95 Å². The van der Waals surface area contributed by atoms with Gasteiger partial charge < -0.3 is 10.6 Å². The molecule has 84 valence electrons. The third-order valence-electron chi connectivity index (χ3n) is 2.40. The van der Waals surface area contributed by atoms with E-state index in [-0.39, 0.29) is 18.4 Å². The van der Waals surface area contributed by atoms with Crippen LogP contribution in [-0.2, 0) is 0 Å². The highest BCUT2D eigenvalue weighted by Gasteiger charge is 2.21. The number of anilines is 1. The third kappa shape index (κ3) is 2.71. The van der Waals surface area contributed by atoms with Crippen LogP contribution in [0.25, 0.3) is 0 Å². The Balaban J connectivity index is 0.00000112. The van der Waals surface area contributed by atoms with E-state index in [2.05, 4.69) is 14.9 Å². The molecular weight excluding hydrogens is 235 g/mol. The van der Waals surface area contributed by atoms with Crippen LogP contribution in [0.5, 0.6) is 0 Å². The summed E-state index contributed by atoms with van der Waals surface area (Å²) >= 11 is 5.92. The lowest BCUT2D eigenvalue weighted by atomic mass is 10.3. The minimum absolute atomic E-state index is 0. The largest absolute Gasteiger partial charge is 0.339 e. The zero-order valence-corrected chi connectivity index (χ0v) is 10.1. The Morgan fingerprint density at radius 1 is 1.60 bits per heavy atom. The summed E-state index contributed by atoms with van der Waals surface area (Å²) in [5.74, 6) is 0.688. The van der Waals surface area contributed by atoms with E-state index < -0.39 is 0 Å². The van der Waals surface area contributed by atoms with Crippen molar-refractivity contribution < 1.29 is 0 Å². The Bertz CT molecular complexity index is 345. The number of aromatic nitrogens is 2. The maximum atomic E-state index is 5.92. The van der Waals surface area contributed by atoms with Crippen LogP contribution in [0.4, 0.5) is 5.95 Å². The minimum atomic E-state index is 0. The van der Waals surface area contributed by atoms with Gasteiger partial charge in [0.15, 0.2) is 0 Å². The number of aryl methyl sites for hydroxylation is 1. The van der Waals surface area contributed by atoms with Gasteiger partial charge in [-0.05, 0) is 13.3 Å². The molecule has 2 rings (SSSR count). The van der Waals surface area contributed by atoms with Gasteiger partial charge in [-0.1, -0.05) is 11.6 Å². The highest BCUT2D eigenvalue weighted by Crippen LogP contribution is 2.18. The second-order valence-corrected chi connectivity index (χ2v) is 4.00. The molecule has 0 aromatic carbocycles. The van der Waals surface area contributed by atoms with E-state index >= 15 is 0 Å². The maximum Gasteiger partial charge on any atom is 0.226 e. The fraction of sp³-hybridized carbons (Fsp3) is 0.556. The van der Waals surface area contributed by atoms with Gasteiger partial charge in [-0.3, -0.25) is 0 Å². The smallest absolute Gasteiger partial charge is 0.226 e. The van der Waals surface area contributed by atoms with Crippen LogP contribution in [0.2, 0.25) is 5.15 Å². The number of rotatable bonds is 1. The molecule has 1 aliphatic heterocycles. The molecule has 0 radical (unpaired) electrons. The van der Waals surface area contributed by atoms with Gasteiger partial charge in [0.05, 0.1) is 0 Å². The molecule has 0 unspecified atom stereocenters. The van der Waals surface area contributed by atoms with Crippen LogP contribution in [0.1, 0.15) is 12.0 Å². The highest BCUT2D eigenvalue weighted by atomic mass is 35.5. The first kappa shape index (κ1) is 12.5. The number of hydrogen-bond acceptors (Lipinski definition) is 4. The highest BCUT2D eigenvalue weighted by molar-refractivity contribution is 6.30. The van der Waals surface area contributed by atoms with E-state index in [0.717, 1.165) is 25.1 Å². The molecule has 2 N–H and O–H groups in total. The molecular formula is C9H14Cl2N4. The molecule has 4 nitrogen and oxygen atoms in total. The van der Waals surface area contributed by atoms with Crippen molar-refractivity contribution in [2.24, 2.45) is 5.73 Å². The first-order chi connectivity index (χ1) is 6.66. The Labute approximate surface area is 100 Å². The number of halogens is 2. The predicted octanol–water partition coefficient (Wildman–Crippen LogP) is 1.40. The van der Waals surface area contributed by atoms with Crippen LogP contribution < -0.4 is 10.6 Å². The van der Waals surface area contributed by atoms with Crippen molar-refractivity contribution in [2.75, 3.05) is 18.0 Å². The summed E-state index contributed by atoms with van der Waals surface area (Å²) in [6.45, 7) is 3.63. The quantitative estimate of drug-likeness (QED) is 0.764. The molecule has 2 heterocycles. The Morgan fingerprint density at radius 3 is 2.87 bits per heavy atom. The Kier molecular flexibility index (Phi) is 4.13. The summed E-state index contributed by atoms with van der Waals surface area (Å²) < 4.78 is 0. The molecule has 0 bridgehead atoms. The minimum Gasteiger partial charge on any atom is -0.339 e. The van der Waals surface area contributed by atoms with Crippen LogP contribution >= 0.6 is 24.0 Å².